The van der Waals surface area contributed by atoms with Crippen molar-refractivity contribution in [2.45, 2.75) is 6.92 Å². The number of furan rings is 1. The molecule has 2 N–H and O–H groups in total. The largest absolute Gasteiger partial charge is 0.448 e. The minimum Gasteiger partial charge on any atom is -0.448 e. The van der Waals surface area contributed by atoms with Crippen LogP contribution in [0.4, 0.5) is 11.6 Å². The third-order valence-corrected chi connectivity index (χ3v) is 2.64. The lowest BCUT2D eigenvalue weighted by molar-refractivity contribution is 0.564. The van der Waals surface area contributed by atoms with Gasteiger partial charge in [0.2, 0.25) is 0 Å². The van der Waals surface area contributed by atoms with Crippen LogP contribution in [0.1, 0.15) is 5.56 Å². The molecule has 3 heteroatoms. The fourth-order valence-corrected chi connectivity index (χ4v) is 1.79. The van der Waals surface area contributed by atoms with Crippen molar-refractivity contribution in [3.8, 4) is 11.1 Å². The number of nitrogens with zero attached hydrogens (tertiary/aromatic N) is 1. The van der Waals surface area contributed by atoms with Crippen LogP contribution in [0.5, 0.6) is 0 Å². The highest BCUT2D eigenvalue weighted by Crippen LogP contribution is 2.32. The molecule has 0 spiro atoms. The highest BCUT2D eigenvalue weighted by molar-refractivity contribution is 5.72. The van der Waals surface area contributed by atoms with Crippen LogP contribution in [0.15, 0.2) is 34.9 Å². The maximum atomic E-state index is 5.66. The van der Waals surface area contributed by atoms with Crippen LogP contribution in [0.25, 0.3) is 11.1 Å². The summed E-state index contributed by atoms with van der Waals surface area (Å²) >= 11 is 0. The maximum Gasteiger partial charge on any atom is 0.198 e. The Hall–Kier alpha value is -1.90. The van der Waals surface area contributed by atoms with E-state index in [0.29, 0.717) is 0 Å². The second-order valence-corrected chi connectivity index (χ2v) is 4.10. The van der Waals surface area contributed by atoms with Gasteiger partial charge in [0.05, 0.1) is 0 Å². The third-order valence-electron chi connectivity index (χ3n) is 2.64. The van der Waals surface area contributed by atoms with E-state index in [1.807, 2.05) is 43.3 Å². The fraction of sp³-hybridized carbons (Fsp3) is 0.231. The Kier molecular flexibility index (Phi) is 2.60. The van der Waals surface area contributed by atoms with Gasteiger partial charge in [0, 0.05) is 30.9 Å². The van der Waals surface area contributed by atoms with Gasteiger partial charge < -0.3 is 15.1 Å². The first-order chi connectivity index (χ1) is 7.59. The maximum absolute atomic E-state index is 5.66. The van der Waals surface area contributed by atoms with Gasteiger partial charge in [-0.25, -0.2) is 0 Å². The minimum absolute atomic E-state index is 0.776. The minimum atomic E-state index is 0.776. The lowest BCUT2D eigenvalue weighted by atomic mass is 10.0. The van der Waals surface area contributed by atoms with Crippen LogP contribution < -0.4 is 10.6 Å². The molecule has 1 heterocycles. The van der Waals surface area contributed by atoms with Gasteiger partial charge in [-0.1, -0.05) is 12.1 Å². The molecule has 0 saturated carbocycles. The predicted molar refractivity (Wildman–Crippen MR) is 67.6 cm³/mol. The molecule has 0 aliphatic heterocycles. The van der Waals surface area contributed by atoms with Crippen molar-refractivity contribution >= 4 is 11.6 Å². The van der Waals surface area contributed by atoms with Crippen LogP contribution in [-0.4, -0.2) is 14.1 Å². The highest BCUT2D eigenvalue weighted by atomic mass is 16.3. The molecule has 0 saturated heterocycles. The molecule has 2 aromatic rings. The number of rotatable bonds is 2. The topological polar surface area (TPSA) is 42.4 Å². The highest BCUT2D eigenvalue weighted by Gasteiger charge is 2.12. The van der Waals surface area contributed by atoms with Gasteiger partial charge in [-0.05, 0) is 24.6 Å². The molecule has 0 aliphatic carbocycles. The second kappa shape index (κ2) is 3.93. The van der Waals surface area contributed by atoms with Crippen LogP contribution in [0.2, 0.25) is 0 Å². The molecule has 84 valence electrons. The number of nitrogens with two attached hydrogens (primary N) is 1. The summed E-state index contributed by atoms with van der Waals surface area (Å²) in [4.78, 5) is 1.97. The van der Waals surface area contributed by atoms with Gasteiger partial charge in [0.1, 0.15) is 6.26 Å². The second-order valence-electron chi connectivity index (χ2n) is 4.10. The number of hydrogen-bond donors (Lipinski definition) is 1. The molecular formula is C13H16N2O. The van der Waals surface area contributed by atoms with Gasteiger partial charge in [0.25, 0.3) is 0 Å². The molecule has 1 aromatic carbocycles. The van der Waals surface area contributed by atoms with E-state index in [9.17, 15) is 0 Å². The van der Waals surface area contributed by atoms with Crippen molar-refractivity contribution < 1.29 is 4.42 Å². The fourth-order valence-electron chi connectivity index (χ4n) is 1.79. The van der Waals surface area contributed by atoms with E-state index in [1.165, 1.54) is 0 Å². The molecule has 0 aliphatic rings. The van der Waals surface area contributed by atoms with Gasteiger partial charge in [-0.3, -0.25) is 0 Å². The van der Waals surface area contributed by atoms with E-state index in [0.717, 1.165) is 28.3 Å². The Morgan fingerprint density at radius 2 is 1.75 bits per heavy atom. The molecule has 0 bridgehead atoms. The van der Waals surface area contributed by atoms with E-state index in [1.54, 1.807) is 6.26 Å². The summed E-state index contributed by atoms with van der Waals surface area (Å²) in [6.07, 6.45) is 1.79. The molecule has 3 nitrogen and oxygen atoms in total. The number of nitrogen functional groups attached to an aromatic ring is 1. The molecule has 1 aromatic heterocycles. The summed E-state index contributed by atoms with van der Waals surface area (Å²) in [6.45, 7) is 2.06. The Morgan fingerprint density at radius 3 is 2.25 bits per heavy atom. The van der Waals surface area contributed by atoms with Crippen molar-refractivity contribution in [2.24, 2.45) is 0 Å². The summed E-state index contributed by atoms with van der Waals surface area (Å²) in [5.41, 5.74) is 9.83. The van der Waals surface area contributed by atoms with Crippen molar-refractivity contribution in [1.82, 2.24) is 0 Å². The van der Waals surface area contributed by atoms with Gasteiger partial charge >= 0.3 is 0 Å². The zero-order chi connectivity index (χ0) is 11.7. The van der Waals surface area contributed by atoms with Crippen molar-refractivity contribution in [1.29, 1.82) is 0 Å². The monoisotopic (exact) mass is 216 g/mol. The quantitative estimate of drug-likeness (QED) is 0.785. The van der Waals surface area contributed by atoms with Crippen molar-refractivity contribution in [3.63, 3.8) is 0 Å². The van der Waals surface area contributed by atoms with Gasteiger partial charge in [-0.15, -0.1) is 0 Å². The molecule has 0 amide bonds. The predicted octanol–water partition coefficient (Wildman–Crippen LogP) is 2.90. The molecular weight excluding hydrogens is 200 g/mol. The normalized spacial score (nSPS) is 10.4. The molecule has 16 heavy (non-hydrogen) atoms. The van der Waals surface area contributed by atoms with Gasteiger partial charge in [-0.2, -0.15) is 0 Å². The Balaban J connectivity index is 2.45. The average Bonchev–Trinajstić information content (AvgIpc) is 2.61. The number of anilines is 2. The van der Waals surface area contributed by atoms with Crippen LogP contribution in [0.3, 0.4) is 0 Å². The van der Waals surface area contributed by atoms with Crippen LogP contribution in [0, 0.1) is 6.92 Å². The summed E-state index contributed by atoms with van der Waals surface area (Å²) in [7, 11) is 3.94. The summed E-state index contributed by atoms with van der Waals surface area (Å²) < 4.78 is 5.54. The molecule has 0 atom stereocenters. The molecule has 0 radical (unpaired) electrons. The van der Waals surface area contributed by atoms with E-state index in [2.05, 4.69) is 6.92 Å². The van der Waals surface area contributed by atoms with Crippen LogP contribution >= 0.6 is 0 Å². The molecule has 0 unspecified atom stereocenters. The van der Waals surface area contributed by atoms with Crippen molar-refractivity contribution in [3.05, 3.63) is 36.1 Å². The zero-order valence-electron chi connectivity index (χ0n) is 9.82. The lowest BCUT2D eigenvalue weighted by Gasteiger charge is -2.09. The third kappa shape index (κ3) is 1.76. The first-order valence-corrected chi connectivity index (χ1v) is 5.21. The Bertz CT molecular complexity index is 483. The van der Waals surface area contributed by atoms with Crippen LogP contribution in [-0.2, 0) is 0 Å². The molecule has 0 fully saturated rings. The van der Waals surface area contributed by atoms with Crippen molar-refractivity contribution in [2.75, 3.05) is 24.7 Å². The van der Waals surface area contributed by atoms with E-state index in [-0.39, 0.29) is 0 Å². The average molecular weight is 216 g/mol. The summed E-state index contributed by atoms with van der Waals surface area (Å²) in [5, 5.41) is 0. The number of hydrogen-bond acceptors (Lipinski definition) is 3. The van der Waals surface area contributed by atoms with Gasteiger partial charge in [0.15, 0.2) is 5.88 Å². The van der Waals surface area contributed by atoms with E-state index in [4.69, 9.17) is 10.2 Å². The Labute approximate surface area is 95.5 Å². The zero-order valence-corrected chi connectivity index (χ0v) is 9.82. The summed E-state index contributed by atoms with van der Waals surface area (Å²) in [5.74, 6) is 0.895. The first-order valence-electron chi connectivity index (χ1n) is 5.21. The lowest BCUT2D eigenvalue weighted by Crippen LogP contribution is -2.08. The molecule has 2 rings (SSSR count). The SMILES string of the molecule is Cc1c(-c2ccc(N)cc2)coc1N(C)C. The van der Waals surface area contributed by atoms with E-state index >= 15 is 0 Å². The first kappa shape index (κ1) is 10.6. The Morgan fingerprint density at radius 1 is 1.12 bits per heavy atom. The standard InChI is InChI=1S/C13H16N2O/c1-9-12(8-16-13(9)15(2)3)10-4-6-11(14)7-5-10/h4-8H,14H2,1-3H3. The smallest absolute Gasteiger partial charge is 0.198 e. The van der Waals surface area contributed by atoms with E-state index < -0.39 is 0 Å². The summed E-state index contributed by atoms with van der Waals surface area (Å²) in [6, 6.07) is 7.81. The number of benzene rings is 1.